The Bertz CT molecular complexity index is 134. The maximum atomic E-state index is 3.68. The fourth-order valence-electron chi connectivity index (χ4n) is 2.47. The van der Waals surface area contributed by atoms with Crippen LogP contribution in [0.15, 0.2) is 0 Å². The molecule has 0 saturated heterocycles. The molecular formula is C13H27N. The van der Waals surface area contributed by atoms with E-state index < -0.39 is 0 Å². The van der Waals surface area contributed by atoms with Gasteiger partial charge in [0.2, 0.25) is 0 Å². The lowest BCUT2D eigenvalue weighted by atomic mass is 9.80. The van der Waals surface area contributed by atoms with Gasteiger partial charge in [0.05, 0.1) is 0 Å². The summed E-state index contributed by atoms with van der Waals surface area (Å²) < 4.78 is 0. The number of hydrogen-bond acceptors (Lipinski definition) is 1. The van der Waals surface area contributed by atoms with Crippen molar-refractivity contribution >= 4 is 0 Å². The summed E-state index contributed by atoms with van der Waals surface area (Å²) in [4.78, 5) is 0. The van der Waals surface area contributed by atoms with Crippen LogP contribution in [0.2, 0.25) is 0 Å². The molecule has 0 radical (unpaired) electrons. The van der Waals surface area contributed by atoms with Gasteiger partial charge in [-0.25, -0.2) is 0 Å². The summed E-state index contributed by atoms with van der Waals surface area (Å²) in [5, 5.41) is 3.68. The van der Waals surface area contributed by atoms with E-state index in [9.17, 15) is 0 Å². The predicted octanol–water partition coefficient (Wildman–Crippen LogP) is 3.59. The molecule has 0 unspecified atom stereocenters. The van der Waals surface area contributed by atoms with Crippen LogP contribution in [0.3, 0.4) is 0 Å². The van der Waals surface area contributed by atoms with Gasteiger partial charge in [-0.1, -0.05) is 27.2 Å². The maximum Gasteiger partial charge on any atom is 0.00672 e. The Morgan fingerprint density at radius 2 is 1.79 bits per heavy atom. The highest BCUT2D eigenvalue weighted by Gasteiger charge is 2.22. The van der Waals surface area contributed by atoms with Crippen LogP contribution in [0.1, 0.15) is 59.3 Å². The lowest BCUT2D eigenvalue weighted by Crippen LogP contribution is -2.34. The van der Waals surface area contributed by atoms with Crippen LogP contribution in [0, 0.1) is 11.8 Å². The van der Waals surface area contributed by atoms with Crippen molar-refractivity contribution < 1.29 is 0 Å². The van der Waals surface area contributed by atoms with Crippen LogP contribution in [0.25, 0.3) is 0 Å². The maximum absolute atomic E-state index is 3.68. The van der Waals surface area contributed by atoms with E-state index in [0.29, 0.717) is 0 Å². The van der Waals surface area contributed by atoms with Gasteiger partial charge in [0.1, 0.15) is 0 Å². The van der Waals surface area contributed by atoms with Crippen molar-refractivity contribution in [1.82, 2.24) is 5.32 Å². The molecule has 0 atom stereocenters. The van der Waals surface area contributed by atoms with Crippen molar-refractivity contribution in [3.05, 3.63) is 0 Å². The first-order chi connectivity index (χ1) is 6.74. The molecule has 1 saturated carbocycles. The zero-order valence-corrected chi connectivity index (χ0v) is 10.2. The monoisotopic (exact) mass is 197 g/mol. The first-order valence-electron chi connectivity index (χ1n) is 6.47. The molecule has 0 bridgehead atoms. The quantitative estimate of drug-likeness (QED) is 0.664. The van der Waals surface area contributed by atoms with Crippen LogP contribution in [0.4, 0.5) is 0 Å². The van der Waals surface area contributed by atoms with Crippen molar-refractivity contribution in [2.24, 2.45) is 11.8 Å². The standard InChI is InChI=1S/C13H27N/c1-4-5-10-14-13-8-6-12(7-9-13)11(2)3/h11-14H,4-10H2,1-3H3. The van der Waals surface area contributed by atoms with Gasteiger partial charge in [-0.15, -0.1) is 0 Å². The third kappa shape index (κ3) is 4.00. The topological polar surface area (TPSA) is 12.0 Å². The van der Waals surface area contributed by atoms with E-state index in [1.165, 1.54) is 45.1 Å². The molecule has 1 rings (SSSR count). The summed E-state index contributed by atoms with van der Waals surface area (Å²) in [6.07, 6.45) is 8.36. The summed E-state index contributed by atoms with van der Waals surface area (Å²) in [7, 11) is 0. The molecule has 0 aliphatic heterocycles. The molecule has 1 aliphatic carbocycles. The van der Waals surface area contributed by atoms with Gasteiger partial charge in [0.25, 0.3) is 0 Å². The molecule has 1 heteroatoms. The second-order valence-electron chi connectivity index (χ2n) is 5.16. The summed E-state index contributed by atoms with van der Waals surface area (Å²) >= 11 is 0. The van der Waals surface area contributed by atoms with Crippen LogP contribution in [-0.2, 0) is 0 Å². The molecular weight excluding hydrogens is 170 g/mol. The van der Waals surface area contributed by atoms with Gasteiger partial charge in [0, 0.05) is 6.04 Å². The first kappa shape index (κ1) is 12.0. The summed E-state index contributed by atoms with van der Waals surface area (Å²) in [5.74, 6) is 1.89. The average molecular weight is 197 g/mol. The predicted molar refractivity (Wildman–Crippen MR) is 63.5 cm³/mol. The van der Waals surface area contributed by atoms with E-state index in [1.54, 1.807) is 0 Å². The molecule has 0 amide bonds. The molecule has 0 heterocycles. The molecule has 0 aromatic rings. The van der Waals surface area contributed by atoms with Crippen LogP contribution >= 0.6 is 0 Å². The Balaban J connectivity index is 2.09. The highest BCUT2D eigenvalue weighted by atomic mass is 14.9. The lowest BCUT2D eigenvalue weighted by Gasteiger charge is -2.31. The van der Waals surface area contributed by atoms with E-state index in [4.69, 9.17) is 0 Å². The highest BCUT2D eigenvalue weighted by molar-refractivity contribution is 4.78. The molecule has 1 aliphatic rings. The molecule has 14 heavy (non-hydrogen) atoms. The smallest absolute Gasteiger partial charge is 0.00672 e. The third-order valence-electron chi connectivity index (χ3n) is 3.68. The summed E-state index contributed by atoms with van der Waals surface area (Å²) in [6, 6.07) is 0.830. The molecule has 0 aromatic heterocycles. The van der Waals surface area contributed by atoms with Gasteiger partial charge in [-0.05, 0) is 50.5 Å². The zero-order valence-electron chi connectivity index (χ0n) is 10.2. The minimum Gasteiger partial charge on any atom is -0.314 e. The number of rotatable bonds is 5. The minimum atomic E-state index is 0.830. The summed E-state index contributed by atoms with van der Waals surface area (Å²) in [5.41, 5.74) is 0. The second-order valence-corrected chi connectivity index (χ2v) is 5.16. The van der Waals surface area contributed by atoms with E-state index in [1.807, 2.05) is 0 Å². The average Bonchev–Trinajstić information content (AvgIpc) is 2.19. The van der Waals surface area contributed by atoms with Crippen molar-refractivity contribution in [2.75, 3.05) is 6.54 Å². The third-order valence-corrected chi connectivity index (χ3v) is 3.68. The van der Waals surface area contributed by atoms with Crippen molar-refractivity contribution in [3.8, 4) is 0 Å². The molecule has 1 fully saturated rings. The molecule has 0 aromatic carbocycles. The Kier molecular flexibility index (Phi) is 5.54. The fourth-order valence-corrected chi connectivity index (χ4v) is 2.47. The van der Waals surface area contributed by atoms with E-state index in [-0.39, 0.29) is 0 Å². The highest BCUT2D eigenvalue weighted by Crippen LogP contribution is 2.29. The van der Waals surface area contributed by atoms with Crippen LogP contribution < -0.4 is 5.32 Å². The lowest BCUT2D eigenvalue weighted by molar-refractivity contribution is 0.239. The van der Waals surface area contributed by atoms with E-state index >= 15 is 0 Å². The van der Waals surface area contributed by atoms with E-state index in [0.717, 1.165) is 17.9 Å². The zero-order chi connectivity index (χ0) is 10.4. The van der Waals surface area contributed by atoms with Crippen molar-refractivity contribution in [2.45, 2.75) is 65.3 Å². The van der Waals surface area contributed by atoms with Gasteiger partial charge in [-0.3, -0.25) is 0 Å². The van der Waals surface area contributed by atoms with Gasteiger partial charge in [-0.2, -0.15) is 0 Å². The van der Waals surface area contributed by atoms with Crippen molar-refractivity contribution in [1.29, 1.82) is 0 Å². The number of unbranched alkanes of at least 4 members (excludes halogenated alkanes) is 1. The first-order valence-corrected chi connectivity index (χ1v) is 6.47. The molecule has 84 valence electrons. The van der Waals surface area contributed by atoms with Gasteiger partial charge >= 0.3 is 0 Å². The summed E-state index contributed by atoms with van der Waals surface area (Å²) in [6.45, 7) is 8.23. The Labute approximate surface area is 89.7 Å². The van der Waals surface area contributed by atoms with Gasteiger partial charge < -0.3 is 5.32 Å². The molecule has 1 N–H and O–H groups in total. The van der Waals surface area contributed by atoms with Crippen molar-refractivity contribution in [3.63, 3.8) is 0 Å². The minimum absolute atomic E-state index is 0.830. The van der Waals surface area contributed by atoms with Crippen LogP contribution in [0.5, 0.6) is 0 Å². The normalized spacial score (nSPS) is 28.3. The van der Waals surface area contributed by atoms with Gasteiger partial charge in [0.15, 0.2) is 0 Å². The Morgan fingerprint density at radius 1 is 1.14 bits per heavy atom. The largest absolute Gasteiger partial charge is 0.314 e. The molecule has 1 nitrogen and oxygen atoms in total. The Morgan fingerprint density at radius 3 is 2.29 bits per heavy atom. The SMILES string of the molecule is CCCCNC1CCC(C(C)C)CC1. The molecule has 0 spiro atoms. The van der Waals surface area contributed by atoms with E-state index in [2.05, 4.69) is 26.1 Å². The second kappa shape index (κ2) is 6.44. The number of hydrogen-bond donors (Lipinski definition) is 1. The van der Waals surface area contributed by atoms with Crippen LogP contribution in [-0.4, -0.2) is 12.6 Å². The fraction of sp³-hybridized carbons (Fsp3) is 1.00. The number of nitrogens with one attached hydrogen (secondary N) is 1. The Hall–Kier alpha value is -0.0400.